The SMILES string of the molecule is CC(N)/C=C/CCn1cnnn1. The van der Waals surface area contributed by atoms with Gasteiger partial charge in [-0.25, -0.2) is 4.68 Å². The van der Waals surface area contributed by atoms with Gasteiger partial charge in [0.15, 0.2) is 0 Å². The Morgan fingerprint density at radius 2 is 2.50 bits per heavy atom. The van der Waals surface area contributed by atoms with E-state index in [9.17, 15) is 0 Å². The lowest BCUT2D eigenvalue weighted by Crippen LogP contribution is -2.10. The molecule has 0 radical (unpaired) electrons. The van der Waals surface area contributed by atoms with E-state index in [4.69, 9.17) is 5.73 Å². The fraction of sp³-hybridized carbons (Fsp3) is 0.571. The molecule has 0 spiro atoms. The van der Waals surface area contributed by atoms with E-state index >= 15 is 0 Å². The third-order valence-electron chi connectivity index (χ3n) is 1.36. The fourth-order valence-electron chi connectivity index (χ4n) is 0.800. The van der Waals surface area contributed by atoms with Gasteiger partial charge in [-0.05, 0) is 23.8 Å². The molecule has 1 rings (SSSR count). The van der Waals surface area contributed by atoms with Crippen molar-refractivity contribution in [2.75, 3.05) is 0 Å². The van der Waals surface area contributed by atoms with Gasteiger partial charge in [0.05, 0.1) is 0 Å². The highest BCUT2D eigenvalue weighted by atomic mass is 15.5. The lowest BCUT2D eigenvalue weighted by molar-refractivity contribution is 0.595. The van der Waals surface area contributed by atoms with Crippen LogP contribution in [0.1, 0.15) is 13.3 Å². The van der Waals surface area contributed by atoms with Gasteiger partial charge in [-0.15, -0.1) is 5.10 Å². The van der Waals surface area contributed by atoms with Gasteiger partial charge in [0.1, 0.15) is 6.33 Å². The second-order valence-corrected chi connectivity index (χ2v) is 2.65. The summed E-state index contributed by atoms with van der Waals surface area (Å²) in [5.41, 5.74) is 5.52. The summed E-state index contributed by atoms with van der Waals surface area (Å²) in [4.78, 5) is 0. The van der Waals surface area contributed by atoms with Crippen molar-refractivity contribution in [2.45, 2.75) is 25.9 Å². The lowest BCUT2D eigenvalue weighted by atomic mass is 10.3. The Kier molecular flexibility index (Phi) is 3.40. The average Bonchev–Trinajstić information content (AvgIpc) is 2.49. The topological polar surface area (TPSA) is 69.6 Å². The van der Waals surface area contributed by atoms with Crippen molar-refractivity contribution in [1.29, 1.82) is 0 Å². The molecular formula is C7H13N5. The van der Waals surface area contributed by atoms with Gasteiger partial charge < -0.3 is 5.73 Å². The molecule has 0 aliphatic rings. The van der Waals surface area contributed by atoms with Gasteiger partial charge in [0.25, 0.3) is 0 Å². The number of rotatable bonds is 4. The van der Waals surface area contributed by atoms with Crippen LogP contribution in [0.4, 0.5) is 0 Å². The summed E-state index contributed by atoms with van der Waals surface area (Å²) in [5, 5.41) is 10.8. The molecule has 1 aromatic rings. The summed E-state index contributed by atoms with van der Waals surface area (Å²) in [6.45, 7) is 2.74. The van der Waals surface area contributed by atoms with Crippen molar-refractivity contribution in [1.82, 2.24) is 20.2 Å². The predicted octanol–water partition coefficient (Wildman–Crippen LogP) is -0.0334. The van der Waals surface area contributed by atoms with Crippen LogP contribution in [0.2, 0.25) is 0 Å². The number of hydrogen-bond acceptors (Lipinski definition) is 4. The molecule has 0 aromatic carbocycles. The molecule has 0 aliphatic carbocycles. The zero-order valence-electron chi connectivity index (χ0n) is 7.09. The Morgan fingerprint density at radius 3 is 3.08 bits per heavy atom. The highest BCUT2D eigenvalue weighted by Crippen LogP contribution is 1.89. The predicted molar refractivity (Wildman–Crippen MR) is 45.2 cm³/mol. The summed E-state index contributed by atoms with van der Waals surface area (Å²) in [7, 11) is 0. The van der Waals surface area contributed by atoms with Crippen LogP contribution in [0.25, 0.3) is 0 Å². The van der Waals surface area contributed by atoms with Crippen LogP contribution >= 0.6 is 0 Å². The van der Waals surface area contributed by atoms with Gasteiger partial charge in [-0.2, -0.15) is 0 Å². The molecule has 1 heterocycles. The monoisotopic (exact) mass is 167 g/mol. The van der Waals surface area contributed by atoms with Crippen LogP contribution in [-0.2, 0) is 6.54 Å². The number of aryl methyl sites for hydroxylation is 1. The quantitative estimate of drug-likeness (QED) is 0.639. The normalized spacial score (nSPS) is 13.8. The van der Waals surface area contributed by atoms with Gasteiger partial charge in [0.2, 0.25) is 0 Å². The molecular weight excluding hydrogens is 154 g/mol. The third kappa shape index (κ3) is 3.25. The van der Waals surface area contributed by atoms with Crippen LogP contribution in [0, 0.1) is 0 Å². The number of nitrogens with two attached hydrogens (primary N) is 1. The number of aromatic nitrogens is 4. The second-order valence-electron chi connectivity index (χ2n) is 2.65. The van der Waals surface area contributed by atoms with Gasteiger partial charge in [-0.1, -0.05) is 12.2 Å². The lowest BCUT2D eigenvalue weighted by Gasteiger charge is -1.95. The highest BCUT2D eigenvalue weighted by molar-refractivity contribution is 4.88. The Morgan fingerprint density at radius 1 is 1.67 bits per heavy atom. The zero-order chi connectivity index (χ0) is 8.81. The summed E-state index contributed by atoms with van der Waals surface area (Å²) in [5.74, 6) is 0. The Labute approximate surface area is 71.3 Å². The maximum atomic E-state index is 5.52. The molecule has 1 aromatic heterocycles. The molecule has 5 nitrogen and oxygen atoms in total. The summed E-state index contributed by atoms with van der Waals surface area (Å²) >= 11 is 0. The van der Waals surface area contributed by atoms with Gasteiger partial charge >= 0.3 is 0 Å². The molecule has 1 unspecified atom stereocenters. The minimum atomic E-state index is 0.124. The van der Waals surface area contributed by atoms with Crippen LogP contribution in [-0.4, -0.2) is 26.2 Å². The molecule has 5 heteroatoms. The van der Waals surface area contributed by atoms with E-state index in [0.29, 0.717) is 0 Å². The van der Waals surface area contributed by atoms with E-state index in [2.05, 4.69) is 15.5 Å². The fourth-order valence-corrected chi connectivity index (χ4v) is 0.800. The minimum absolute atomic E-state index is 0.124. The number of tetrazole rings is 1. The first kappa shape index (κ1) is 8.86. The Balaban J connectivity index is 2.19. The van der Waals surface area contributed by atoms with E-state index in [1.54, 1.807) is 11.0 Å². The van der Waals surface area contributed by atoms with Crippen LogP contribution < -0.4 is 5.73 Å². The molecule has 2 N–H and O–H groups in total. The van der Waals surface area contributed by atoms with Crippen molar-refractivity contribution in [2.24, 2.45) is 5.73 Å². The zero-order valence-corrected chi connectivity index (χ0v) is 7.09. The van der Waals surface area contributed by atoms with E-state index in [-0.39, 0.29) is 6.04 Å². The smallest absolute Gasteiger partial charge is 0.138 e. The van der Waals surface area contributed by atoms with Crippen LogP contribution in [0.5, 0.6) is 0 Å². The van der Waals surface area contributed by atoms with Crippen molar-refractivity contribution in [3.05, 3.63) is 18.5 Å². The van der Waals surface area contributed by atoms with Crippen molar-refractivity contribution < 1.29 is 0 Å². The van der Waals surface area contributed by atoms with Crippen molar-refractivity contribution >= 4 is 0 Å². The first-order valence-electron chi connectivity index (χ1n) is 3.92. The molecule has 12 heavy (non-hydrogen) atoms. The van der Waals surface area contributed by atoms with Gasteiger partial charge in [0, 0.05) is 12.6 Å². The highest BCUT2D eigenvalue weighted by Gasteiger charge is 1.89. The standard InChI is InChI=1S/C7H13N5/c1-7(8)4-2-3-5-12-6-9-10-11-12/h2,4,6-7H,3,5,8H2,1H3/b4-2+. The number of nitrogens with zero attached hydrogens (tertiary/aromatic N) is 4. The summed E-state index contributed by atoms with van der Waals surface area (Å²) < 4.78 is 1.69. The Bertz CT molecular complexity index is 226. The number of hydrogen-bond donors (Lipinski definition) is 1. The molecule has 0 bridgehead atoms. The average molecular weight is 167 g/mol. The van der Waals surface area contributed by atoms with Crippen LogP contribution in [0.15, 0.2) is 18.5 Å². The molecule has 0 aliphatic heterocycles. The maximum absolute atomic E-state index is 5.52. The number of allylic oxidation sites excluding steroid dienone is 1. The molecule has 0 fully saturated rings. The second kappa shape index (κ2) is 4.61. The largest absolute Gasteiger partial charge is 0.325 e. The molecule has 0 saturated carbocycles. The van der Waals surface area contributed by atoms with Crippen molar-refractivity contribution in [3.63, 3.8) is 0 Å². The molecule has 1 atom stereocenters. The minimum Gasteiger partial charge on any atom is -0.325 e. The third-order valence-corrected chi connectivity index (χ3v) is 1.36. The molecule has 0 saturated heterocycles. The Hall–Kier alpha value is -1.23. The molecule has 66 valence electrons. The van der Waals surface area contributed by atoms with E-state index in [1.165, 1.54) is 0 Å². The van der Waals surface area contributed by atoms with E-state index in [0.717, 1.165) is 13.0 Å². The maximum Gasteiger partial charge on any atom is 0.138 e. The summed E-state index contributed by atoms with van der Waals surface area (Å²) in [6, 6.07) is 0.124. The molecule has 0 amide bonds. The van der Waals surface area contributed by atoms with E-state index < -0.39 is 0 Å². The van der Waals surface area contributed by atoms with E-state index in [1.807, 2.05) is 19.1 Å². The first-order chi connectivity index (χ1) is 5.79. The summed E-state index contributed by atoms with van der Waals surface area (Å²) in [6.07, 6.45) is 6.50. The van der Waals surface area contributed by atoms with Crippen LogP contribution in [0.3, 0.4) is 0 Å². The van der Waals surface area contributed by atoms with Gasteiger partial charge in [-0.3, -0.25) is 0 Å². The first-order valence-corrected chi connectivity index (χ1v) is 3.92. The van der Waals surface area contributed by atoms with Crippen molar-refractivity contribution in [3.8, 4) is 0 Å².